The van der Waals surface area contributed by atoms with Crippen molar-refractivity contribution in [3.63, 3.8) is 0 Å². The second kappa shape index (κ2) is 8.20. The third-order valence-corrected chi connectivity index (χ3v) is 3.97. The maximum absolute atomic E-state index is 5.39. The van der Waals surface area contributed by atoms with E-state index in [1.807, 2.05) is 36.4 Å². The van der Waals surface area contributed by atoms with Crippen molar-refractivity contribution in [1.82, 2.24) is 9.97 Å². The molecule has 2 aromatic carbocycles. The van der Waals surface area contributed by atoms with Gasteiger partial charge in [-0.3, -0.25) is 0 Å². The molecule has 26 heavy (non-hydrogen) atoms. The summed E-state index contributed by atoms with van der Waals surface area (Å²) >= 11 is 0. The molecule has 0 saturated heterocycles. The molecule has 1 atom stereocenters. The Bertz CT molecular complexity index is 855. The van der Waals surface area contributed by atoms with Crippen LogP contribution in [0.15, 0.2) is 60.8 Å². The largest absolute Gasteiger partial charge is 0.497 e. The van der Waals surface area contributed by atoms with E-state index in [1.165, 1.54) is 5.56 Å². The Morgan fingerprint density at radius 3 is 2.50 bits per heavy atom. The number of ether oxygens (including phenoxy) is 2. The van der Waals surface area contributed by atoms with Gasteiger partial charge < -0.3 is 20.1 Å². The van der Waals surface area contributed by atoms with Crippen LogP contribution in [-0.4, -0.2) is 24.2 Å². The molecule has 0 spiro atoms. The topological polar surface area (TPSA) is 68.3 Å². The van der Waals surface area contributed by atoms with Crippen LogP contribution in [0.4, 0.5) is 17.5 Å². The van der Waals surface area contributed by atoms with Crippen molar-refractivity contribution in [2.45, 2.75) is 13.0 Å². The van der Waals surface area contributed by atoms with E-state index in [2.05, 4.69) is 39.7 Å². The van der Waals surface area contributed by atoms with Crippen LogP contribution in [0.25, 0.3) is 0 Å². The fourth-order valence-electron chi connectivity index (χ4n) is 2.57. The Kier molecular flexibility index (Phi) is 5.53. The van der Waals surface area contributed by atoms with Gasteiger partial charge in [-0.15, -0.1) is 0 Å². The molecule has 3 aromatic rings. The van der Waals surface area contributed by atoms with Crippen molar-refractivity contribution in [3.05, 3.63) is 66.4 Å². The molecule has 1 aromatic heterocycles. The maximum Gasteiger partial charge on any atom is 0.225 e. The Morgan fingerprint density at radius 1 is 0.962 bits per heavy atom. The molecular weight excluding hydrogens is 328 g/mol. The highest BCUT2D eigenvalue weighted by atomic mass is 16.5. The minimum atomic E-state index is 0.0952. The van der Waals surface area contributed by atoms with E-state index in [4.69, 9.17) is 9.47 Å². The van der Waals surface area contributed by atoms with Crippen LogP contribution in [0.2, 0.25) is 0 Å². The van der Waals surface area contributed by atoms with E-state index in [9.17, 15) is 0 Å². The molecular formula is C20H22N4O2. The van der Waals surface area contributed by atoms with Crippen LogP contribution in [0, 0.1) is 0 Å². The van der Waals surface area contributed by atoms with E-state index >= 15 is 0 Å². The van der Waals surface area contributed by atoms with Gasteiger partial charge in [0.15, 0.2) is 0 Å². The van der Waals surface area contributed by atoms with E-state index in [1.54, 1.807) is 26.5 Å². The van der Waals surface area contributed by atoms with Gasteiger partial charge in [-0.25, -0.2) is 4.98 Å². The molecule has 3 rings (SSSR count). The molecule has 0 aliphatic rings. The average Bonchev–Trinajstić information content (AvgIpc) is 2.69. The fraction of sp³-hybridized carbons (Fsp3) is 0.200. The summed E-state index contributed by atoms with van der Waals surface area (Å²) in [4.78, 5) is 8.84. The van der Waals surface area contributed by atoms with Crippen LogP contribution in [0.5, 0.6) is 11.5 Å². The van der Waals surface area contributed by atoms with Gasteiger partial charge in [-0.1, -0.05) is 30.3 Å². The lowest BCUT2D eigenvalue weighted by Crippen LogP contribution is -2.10. The fourth-order valence-corrected chi connectivity index (χ4v) is 2.57. The molecule has 1 unspecified atom stereocenters. The zero-order valence-electron chi connectivity index (χ0n) is 15.1. The number of rotatable bonds is 7. The van der Waals surface area contributed by atoms with Gasteiger partial charge in [0.2, 0.25) is 5.95 Å². The van der Waals surface area contributed by atoms with E-state index in [0.29, 0.717) is 17.5 Å². The summed E-state index contributed by atoms with van der Waals surface area (Å²) in [5.41, 5.74) is 1.94. The molecule has 0 bridgehead atoms. The van der Waals surface area contributed by atoms with Crippen molar-refractivity contribution in [2.24, 2.45) is 0 Å². The van der Waals surface area contributed by atoms with Gasteiger partial charge in [0.05, 0.1) is 25.9 Å². The molecule has 0 aliphatic heterocycles. The van der Waals surface area contributed by atoms with Crippen LogP contribution < -0.4 is 20.1 Å². The van der Waals surface area contributed by atoms with Crippen molar-refractivity contribution in [1.29, 1.82) is 0 Å². The maximum atomic E-state index is 5.39. The highest BCUT2D eigenvalue weighted by molar-refractivity contribution is 5.66. The first-order chi connectivity index (χ1) is 12.7. The molecule has 0 amide bonds. The van der Waals surface area contributed by atoms with Crippen molar-refractivity contribution < 1.29 is 9.47 Å². The highest BCUT2D eigenvalue weighted by Crippen LogP contribution is 2.31. The number of hydrogen-bond acceptors (Lipinski definition) is 6. The first-order valence-corrected chi connectivity index (χ1v) is 8.33. The zero-order chi connectivity index (χ0) is 18.4. The number of methoxy groups -OCH3 is 2. The van der Waals surface area contributed by atoms with Crippen LogP contribution in [0.3, 0.4) is 0 Å². The summed E-state index contributed by atoms with van der Waals surface area (Å²) in [7, 11) is 3.25. The Balaban J connectivity index is 1.77. The molecule has 0 saturated carbocycles. The summed E-state index contributed by atoms with van der Waals surface area (Å²) in [5, 5.41) is 6.57. The summed E-state index contributed by atoms with van der Waals surface area (Å²) in [5.74, 6) is 2.65. The SMILES string of the molecule is COc1ccc(OC)c(Nc2ccnc(NC(C)c3ccccc3)n2)c1. The molecule has 0 radical (unpaired) electrons. The van der Waals surface area contributed by atoms with Gasteiger partial charge in [0.25, 0.3) is 0 Å². The normalized spacial score (nSPS) is 11.5. The Hall–Kier alpha value is -3.28. The molecule has 2 N–H and O–H groups in total. The van der Waals surface area contributed by atoms with Crippen molar-refractivity contribution in [2.75, 3.05) is 24.9 Å². The lowest BCUT2D eigenvalue weighted by atomic mass is 10.1. The lowest BCUT2D eigenvalue weighted by Gasteiger charge is -2.15. The van der Waals surface area contributed by atoms with Crippen LogP contribution in [-0.2, 0) is 0 Å². The third kappa shape index (κ3) is 4.22. The summed E-state index contributed by atoms with van der Waals surface area (Å²) < 4.78 is 10.7. The van der Waals surface area contributed by atoms with Crippen LogP contribution >= 0.6 is 0 Å². The Morgan fingerprint density at radius 2 is 1.77 bits per heavy atom. The summed E-state index contributed by atoms with van der Waals surface area (Å²) in [6, 6.07) is 17.6. The van der Waals surface area contributed by atoms with Gasteiger partial charge in [0, 0.05) is 12.3 Å². The number of nitrogens with one attached hydrogen (secondary N) is 2. The van der Waals surface area contributed by atoms with Crippen molar-refractivity contribution >= 4 is 17.5 Å². The van der Waals surface area contributed by atoms with Gasteiger partial charge in [-0.2, -0.15) is 4.98 Å². The van der Waals surface area contributed by atoms with E-state index in [-0.39, 0.29) is 6.04 Å². The van der Waals surface area contributed by atoms with Gasteiger partial charge in [0.1, 0.15) is 17.3 Å². The monoisotopic (exact) mass is 350 g/mol. The minimum absolute atomic E-state index is 0.0952. The highest BCUT2D eigenvalue weighted by Gasteiger charge is 2.09. The first kappa shape index (κ1) is 17.5. The third-order valence-electron chi connectivity index (χ3n) is 3.97. The molecule has 1 heterocycles. The Labute approximate surface area is 153 Å². The zero-order valence-corrected chi connectivity index (χ0v) is 15.1. The number of anilines is 3. The standard InChI is InChI=1S/C20H22N4O2/c1-14(15-7-5-4-6-8-15)22-20-21-12-11-19(24-20)23-17-13-16(25-2)9-10-18(17)26-3/h4-14H,1-3H3,(H2,21,22,23,24). The first-order valence-electron chi connectivity index (χ1n) is 8.33. The summed E-state index contributed by atoms with van der Waals surface area (Å²) in [6.07, 6.45) is 1.71. The number of benzene rings is 2. The van der Waals surface area contributed by atoms with Gasteiger partial charge in [-0.05, 0) is 30.7 Å². The smallest absolute Gasteiger partial charge is 0.225 e. The second-order valence-electron chi connectivity index (χ2n) is 5.73. The number of hydrogen-bond donors (Lipinski definition) is 2. The molecule has 6 nitrogen and oxygen atoms in total. The summed E-state index contributed by atoms with van der Waals surface area (Å²) in [6.45, 7) is 2.07. The lowest BCUT2D eigenvalue weighted by molar-refractivity contribution is 0.405. The molecule has 6 heteroatoms. The van der Waals surface area contributed by atoms with E-state index < -0.39 is 0 Å². The minimum Gasteiger partial charge on any atom is -0.497 e. The molecule has 0 fully saturated rings. The van der Waals surface area contributed by atoms with Crippen LogP contribution in [0.1, 0.15) is 18.5 Å². The quantitative estimate of drug-likeness (QED) is 0.658. The molecule has 134 valence electrons. The number of aromatic nitrogens is 2. The van der Waals surface area contributed by atoms with Crippen molar-refractivity contribution in [3.8, 4) is 11.5 Å². The average molecular weight is 350 g/mol. The predicted molar refractivity (Wildman–Crippen MR) is 103 cm³/mol. The second-order valence-corrected chi connectivity index (χ2v) is 5.73. The number of nitrogens with zero attached hydrogens (tertiary/aromatic N) is 2. The molecule has 0 aliphatic carbocycles. The van der Waals surface area contributed by atoms with Gasteiger partial charge >= 0.3 is 0 Å². The van der Waals surface area contributed by atoms with E-state index in [0.717, 1.165) is 11.4 Å². The predicted octanol–water partition coefficient (Wildman–Crippen LogP) is 4.41.